The van der Waals surface area contributed by atoms with Gasteiger partial charge in [-0.05, 0) is 82.9 Å². The van der Waals surface area contributed by atoms with E-state index in [0.29, 0.717) is 35.5 Å². The molecule has 1 fully saturated rings. The predicted molar refractivity (Wildman–Crippen MR) is 157 cm³/mol. The van der Waals surface area contributed by atoms with Gasteiger partial charge < -0.3 is 25.0 Å². The van der Waals surface area contributed by atoms with Crippen molar-refractivity contribution in [2.75, 3.05) is 39.1 Å². The number of carbonyl (C=O) groups excluding carboxylic acids is 1. The van der Waals surface area contributed by atoms with Crippen LogP contribution >= 0.6 is 11.6 Å². The molecule has 0 spiro atoms. The summed E-state index contributed by atoms with van der Waals surface area (Å²) < 4.78 is 12.2. The number of ketones is 1. The number of likely N-dealkylation sites (N-methyl/N-ethyl adjacent to an activating group) is 1. The van der Waals surface area contributed by atoms with Crippen molar-refractivity contribution in [3.05, 3.63) is 77.3 Å². The molecule has 0 saturated carbocycles. The lowest BCUT2D eigenvalue weighted by Gasteiger charge is -2.29. The Morgan fingerprint density at radius 3 is 2.70 bits per heavy atom. The topological polar surface area (TPSA) is 102 Å². The molecule has 40 heavy (non-hydrogen) atoms. The minimum atomic E-state index is -0.715. The highest BCUT2D eigenvalue weighted by Gasteiger charge is 2.41. The predicted octanol–water partition coefficient (Wildman–Crippen LogP) is 4.94. The van der Waals surface area contributed by atoms with Crippen LogP contribution in [0.1, 0.15) is 24.2 Å². The van der Waals surface area contributed by atoms with Gasteiger partial charge in [-0.3, -0.25) is 9.78 Å². The molecule has 0 amide bonds. The SMILES string of the molecule is Cc1cccc(COc2ccc(Nc3ncnc4cccc(OC[C@]5(C(=O)CN(C)C)CCCN5)c34)cc2Cl)n1. The Balaban J connectivity index is 1.35. The average molecular weight is 561 g/mol. The molecule has 3 heterocycles. The van der Waals surface area contributed by atoms with Crippen LogP contribution in [-0.4, -0.2) is 65.0 Å². The molecule has 208 valence electrons. The molecular formula is C30H33ClN6O3. The molecule has 2 N–H and O–H groups in total. The quantitative estimate of drug-likeness (QED) is 0.264. The summed E-state index contributed by atoms with van der Waals surface area (Å²) in [5.74, 6) is 1.86. The fraction of sp³-hybridized carbons (Fsp3) is 0.333. The second-order valence-corrected chi connectivity index (χ2v) is 10.7. The summed E-state index contributed by atoms with van der Waals surface area (Å²) in [6.45, 7) is 3.62. The number of nitrogens with one attached hydrogen (secondary N) is 2. The fourth-order valence-corrected chi connectivity index (χ4v) is 5.08. The van der Waals surface area contributed by atoms with Gasteiger partial charge in [-0.1, -0.05) is 23.7 Å². The van der Waals surface area contributed by atoms with E-state index >= 15 is 0 Å². The number of aromatic nitrogens is 3. The molecule has 0 bridgehead atoms. The second-order valence-electron chi connectivity index (χ2n) is 10.3. The number of halogens is 1. The third-order valence-corrected chi connectivity index (χ3v) is 7.15. The van der Waals surface area contributed by atoms with E-state index in [1.54, 1.807) is 6.07 Å². The second kappa shape index (κ2) is 12.2. The molecule has 0 radical (unpaired) electrons. The number of carbonyl (C=O) groups is 1. The zero-order chi connectivity index (χ0) is 28.1. The van der Waals surface area contributed by atoms with Crippen molar-refractivity contribution < 1.29 is 14.3 Å². The lowest BCUT2D eigenvalue weighted by molar-refractivity contribution is -0.126. The molecule has 5 rings (SSSR count). The highest BCUT2D eigenvalue weighted by atomic mass is 35.5. The van der Waals surface area contributed by atoms with Gasteiger partial charge in [0, 0.05) is 11.4 Å². The molecule has 10 heteroatoms. The highest BCUT2D eigenvalue weighted by molar-refractivity contribution is 6.32. The van der Waals surface area contributed by atoms with Crippen LogP contribution < -0.4 is 20.1 Å². The molecule has 0 unspecified atom stereocenters. The summed E-state index contributed by atoms with van der Waals surface area (Å²) >= 11 is 6.56. The molecule has 2 aromatic heterocycles. The van der Waals surface area contributed by atoms with E-state index in [1.807, 2.05) is 74.4 Å². The zero-order valence-corrected chi connectivity index (χ0v) is 23.7. The van der Waals surface area contributed by atoms with Crippen molar-refractivity contribution in [1.29, 1.82) is 0 Å². The summed E-state index contributed by atoms with van der Waals surface area (Å²) in [4.78, 5) is 28.4. The van der Waals surface area contributed by atoms with Crippen molar-refractivity contribution in [3.8, 4) is 11.5 Å². The van der Waals surface area contributed by atoms with E-state index in [1.165, 1.54) is 6.33 Å². The Morgan fingerprint density at radius 1 is 1.10 bits per heavy atom. The van der Waals surface area contributed by atoms with Crippen molar-refractivity contribution in [2.45, 2.75) is 31.9 Å². The Kier molecular flexibility index (Phi) is 8.44. The Morgan fingerprint density at radius 2 is 1.95 bits per heavy atom. The minimum absolute atomic E-state index is 0.125. The van der Waals surface area contributed by atoms with Gasteiger partial charge in [0.05, 0.1) is 28.2 Å². The number of benzene rings is 2. The zero-order valence-electron chi connectivity index (χ0n) is 22.9. The van der Waals surface area contributed by atoms with Crippen LogP contribution in [0.5, 0.6) is 11.5 Å². The number of Topliss-reactive ketones (excluding diaryl/α,β-unsaturated/α-hetero) is 1. The van der Waals surface area contributed by atoms with E-state index in [4.69, 9.17) is 21.1 Å². The van der Waals surface area contributed by atoms with Gasteiger partial charge in [-0.25, -0.2) is 9.97 Å². The summed E-state index contributed by atoms with van der Waals surface area (Å²) in [7, 11) is 3.79. The lowest BCUT2D eigenvalue weighted by Crippen LogP contribution is -2.55. The number of hydrogen-bond acceptors (Lipinski definition) is 9. The average Bonchev–Trinajstić information content (AvgIpc) is 3.42. The van der Waals surface area contributed by atoms with E-state index in [2.05, 4.69) is 25.6 Å². The van der Waals surface area contributed by atoms with Gasteiger partial charge in [0.2, 0.25) is 0 Å². The minimum Gasteiger partial charge on any atom is -0.490 e. The van der Waals surface area contributed by atoms with E-state index in [-0.39, 0.29) is 12.4 Å². The molecule has 1 atom stereocenters. The third kappa shape index (κ3) is 6.33. The van der Waals surface area contributed by atoms with Crippen LogP contribution in [0.25, 0.3) is 10.9 Å². The van der Waals surface area contributed by atoms with Crippen LogP contribution in [0.4, 0.5) is 11.5 Å². The molecule has 4 aromatic rings. The molecule has 1 aliphatic heterocycles. The molecule has 0 aliphatic carbocycles. The number of nitrogens with zero attached hydrogens (tertiary/aromatic N) is 4. The van der Waals surface area contributed by atoms with E-state index in [0.717, 1.165) is 47.4 Å². The Labute approximate surface area is 238 Å². The van der Waals surface area contributed by atoms with Crippen LogP contribution in [0, 0.1) is 6.92 Å². The number of aryl methyl sites for hydroxylation is 1. The van der Waals surface area contributed by atoms with Gasteiger partial charge in [-0.15, -0.1) is 0 Å². The van der Waals surface area contributed by atoms with Crippen LogP contribution in [0.2, 0.25) is 5.02 Å². The summed E-state index contributed by atoms with van der Waals surface area (Å²) in [5, 5.41) is 7.94. The maximum Gasteiger partial charge on any atom is 0.170 e. The van der Waals surface area contributed by atoms with Crippen molar-refractivity contribution >= 4 is 39.8 Å². The van der Waals surface area contributed by atoms with Gasteiger partial charge in [-0.2, -0.15) is 0 Å². The lowest BCUT2D eigenvalue weighted by atomic mass is 9.92. The van der Waals surface area contributed by atoms with Crippen molar-refractivity contribution in [3.63, 3.8) is 0 Å². The number of ether oxygens (including phenoxy) is 2. The highest BCUT2D eigenvalue weighted by Crippen LogP contribution is 2.35. The Hall–Kier alpha value is -3.79. The first-order chi connectivity index (χ1) is 19.3. The van der Waals surface area contributed by atoms with Crippen LogP contribution in [-0.2, 0) is 11.4 Å². The summed E-state index contributed by atoms with van der Waals surface area (Å²) in [6, 6.07) is 16.9. The largest absolute Gasteiger partial charge is 0.490 e. The van der Waals surface area contributed by atoms with E-state index in [9.17, 15) is 4.79 Å². The third-order valence-electron chi connectivity index (χ3n) is 6.85. The van der Waals surface area contributed by atoms with Gasteiger partial charge in [0.25, 0.3) is 0 Å². The molecule has 1 saturated heterocycles. The van der Waals surface area contributed by atoms with Gasteiger partial charge in [0.1, 0.15) is 42.4 Å². The first-order valence-corrected chi connectivity index (χ1v) is 13.6. The van der Waals surface area contributed by atoms with Crippen molar-refractivity contribution in [1.82, 2.24) is 25.2 Å². The maximum absolute atomic E-state index is 13.1. The normalized spacial score (nSPS) is 16.8. The maximum atomic E-state index is 13.1. The number of fused-ring (bicyclic) bond motifs is 1. The van der Waals surface area contributed by atoms with Gasteiger partial charge >= 0.3 is 0 Å². The standard InChI is InChI=1S/C30H33ClN6O3/c1-20-7-4-8-22(35-20)17-39-25-12-11-21(15-23(25)31)36-29-28-24(32-19-33-29)9-5-10-26(28)40-18-30(13-6-14-34-30)27(38)16-37(2)3/h4-5,7-12,15,19,34H,6,13-14,16-18H2,1-3H3,(H,32,33,36)/t30-/m0/s1. The molecule has 1 aliphatic rings. The molecule has 2 aromatic carbocycles. The first-order valence-electron chi connectivity index (χ1n) is 13.2. The number of anilines is 2. The first kappa shape index (κ1) is 27.8. The molecule has 9 nitrogen and oxygen atoms in total. The number of rotatable bonds is 11. The monoisotopic (exact) mass is 560 g/mol. The van der Waals surface area contributed by atoms with Gasteiger partial charge in [0.15, 0.2) is 5.78 Å². The Bertz CT molecular complexity index is 1500. The summed E-state index contributed by atoms with van der Waals surface area (Å²) in [6.07, 6.45) is 3.16. The smallest absolute Gasteiger partial charge is 0.170 e. The van der Waals surface area contributed by atoms with Crippen LogP contribution in [0.3, 0.4) is 0 Å². The summed E-state index contributed by atoms with van der Waals surface area (Å²) in [5.41, 5.74) is 2.50. The number of hydrogen-bond donors (Lipinski definition) is 2. The fourth-order valence-electron chi connectivity index (χ4n) is 4.84. The van der Waals surface area contributed by atoms with Crippen LogP contribution in [0.15, 0.2) is 60.9 Å². The van der Waals surface area contributed by atoms with E-state index < -0.39 is 5.54 Å². The van der Waals surface area contributed by atoms with Crippen molar-refractivity contribution in [2.24, 2.45) is 0 Å². The number of pyridine rings is 1. The molecular weight excluding hydrogens is 528 g/mol.